The molecule has 1 fully saturated rings. The molecule has 3 aromatic rings. The van der Waals surface area contributed by atoms with Crippen LogP contribution in [-0.2, 0) is 17.8 Å². The number of ether oxygens (including phenoxy) is 1. The van der Waals surface area contributed by atoms with Crippen molar-refractivity contribution in [3.63, 3.8) is 0 Å². The van der Waals surface area contributed by atoms with Crippen molar-refractivity contribution in [3.05, 3.63) is 42.9 Å². The first-order valence-electron chi connectivity index (χ1n) is 7.77. The lowest BCUT2D eigenvalue weighted by atomic mass is 10.2. The summed E-state index contributed by atoms with van der Waals surface area (Å²) in [6, 6.07) is 5.61. The van der Waals surface area contributed by atoms with E-state index in [0.717, 1.165) is 13.1 Å². The van der Waals surface area contributed by atoms with Gasteiger partial charge in [-0.1, -0.05) is 11.2 Å². The Balaban J connectivity index is 1.37. The summed E-state index contributed by atoms with van der Waals surface area (Å²) in [5.41, 5.74) is 0.707. The van der Waals surface area contributed by atoms with Gasteiger partial charge >= 0.3 is 0 Å². The van der Waals surface area contributed by atoms with Gasteiger partial charge in [-0.3, -0.25) is 14.6 Å². The predicted octanol–water partition coefficient (Wildman–Crippen LogP) is 0.624. The average Bonchev–Trinajstić information content (AvgIpc) is 3.28. The molecule has 1 atom stereocenters. The minimum Gasteiger partial charge on any atom is -0.374 e. The van der Waals surface area contributed by atoms with E-state index in [9.17, 15) is 0 Å². The molecular formula is C15H17N7O2. The smallest absolute Gasteiger partial charge is 0.241 e. The van der Waals surface area contributed by atoms with Gasteiger partial charge in [0.2, 0.25) is 11.7 Å². The lowest BCUT2D eigenvalue weighted by Crippen LogP contribution is -2.43. The van der Waals surface area contributed by atoms with Crippen LogP contribution < -0.4 is 0 Å². The third-order valence-electron chi connectivity index (χ3n) is 3.80. The zero-order chi connectivity index (χ0) is 16.2. The molecule has 4 heterocycles. The second-order valence-corrected chi connectivity index (χ2v) is 5.57. The normalized spacial score (nSPS) is 18.8. The number of aromatic nitrogens is 6. The molecule has 0 radical (unpaired) electrons. The molecule has 1 unspecified atom stereocenters. The summed E-state index contributed by atoms with van der Waals surface area (Å²) in [5, 5.41) is 8.12. The number of pyridine rings is 1. The van der Waals surface area contributed by atoms with Crippen molar-refractivity contribution < 1.29 is 9.26 Å². The Labute approximate surface area is 138 Å². The van der Waals surface area contributed by atoms with E-state index in [4.69, 9.17) is 9.26 Å². The maximum absolute atomic E-state index is 5.79. The van der Waals surface area contributed by atoms with Gasteiger partial charge < -0.3 is 9.26 Å². The maximum atomic E-state index is 5.79. The van der Waals surface area contributed by atoms with Gasteiger partial charge in [0.05, 0.1) is 25.8 Å². The van der Waals surface area contributed by atoms with E-state index in [1.54, 1.807) is 17.2 Å². The number of morpholine rings is 1. The van der Waals surface area contributed by atoms with E-state index < -0.39 is 0 Å². The van der Waals surface area contributed by atoms with Gasteiger partial charge in [0, 0.05) is 19.3 Å². The second-order valence-electron chi connectivity index (χ2n) is 5.57. The fourth-order valence-corrected chi connectivity index (χ4v) is 2.68. The standard InChI is InChI=1S/C15H17N7O2/c1-2-4-17-13(3-1)15-19-14(24-20-15)9-21-5-6-23-12(7-21)8-22-11-16-10-18-22/h1-4,10-12H,5-9H2. The SMILES string of the molecule is c1ccc(-c2noc(CN3CCOC(Cn4cncn4)C3)n2)nc1. The molecule has 4 rings (SSSR count). The number of rotatable bonds is 5. The molecular weight excluding hydrogens is 310 g/mol. The molecule has 1 saturated heterocycles. The predicted molar refractivity (Wildman–Crippen MR) is 82.6 cm³/mol. The molecule has 0 N–H and O–H groups in total. The molecule has 0 aliphatic carbocycles. The molecule has 0 spiro atoms. The van der Waals surface area contributed by atoms with Gasteiger partial charge in [-0.25, -0.2) is 4.98 Å². The zero-order valence-electron chi connectivity index (χ0n) is 13.0. The Hall–Kier alpha value is -2.65. The molecule has 0 saturated carbocycles. The number of nitrogens with zero attached hydrogens (tertiary/aromatic N) is 7. The van der Waals surface area contributed by atoms with Gasteiger partial charge in [0.1, 0.15) is 18.3 Å². The van der Waals surface area contributed by atoms with Gasteiger partial charge in [0.15, 0.2) is 0 Å². The van der Waals surface area contributed by atoms with E-state index in [2.05, 4.69) is 30.1 Å². The largest absolute Gasteiger partial charge is 0.374 e. The van der Waals surface area contributed by atoms with Crippen LogP contribution in [-0.4, -0.2) is 60.6 Å². The third-order valence-corrected chi connectivity index (χ3v) is 3.80. The molecule has 3 aromatic heterocycles. The first-order chi connectivity index (χ1) is 11.9. The highest BCUT2D eigenvalue weighted by Gasteiger charge is 2.23. The van der Waals surface area contributed by atoms with E-state index in [1.165, 1.54) is 6.33 Å². The van der Waals surface area contributed by atoms with Crippen LogP contribution in [0.4, 0.5) is 0 Å². The van der Waals surface area contributed by atoms with E-state index >= 15 is 0 Å². The number of hydrogen-bond donors (Lipinski definition) is 0. The third kappa shape index (κ3) is 3.47. The molecule has 0 aromatic carbocycles. The number of hydrogen-bond acceptors (Lipinski definition) is 8. The van der Waals surface area contributed by atoms with Crippen LogP contribution in [0.5, 0.6) is 0 Å². The highest BCUT2D eigenvalue weighted by Crippen LogP contribution is 2.15. The van der Waals surface area contributed by atoms with E-state index in [1.807, 2.05) is 18.2 Å². The van der Waals surface area contributed by atoms with Crippen molar-refractivity contribution >= 4 is 0 Å². The topological polar surface area (TPSA) is 95.0 Å². The highest BCUT2D eigenvalue weighted by atomic mass is 16.5. The maximum Gasteiger partial charge on any atom is 0.241 e. The fraction of sp³-hybridized carbons (Fsp3) is 0.400. The first kappa shape index (κ1) is 14.9. The van der Waals surface area contributed by atoms with Crippen molar-refractivity contribution in [1.82, 2.24) is 34.8 Å². The van der Waals surface area contributed by atoms with Crippen LogP contribution in [0.15, 0.2) is 41.6 Å². The molecule has 1 aliphatic heterocycles. The summed E-state index contributed by atoms with van der Waals surface area (Å²) in [7, 11) is 0. The fourth-order valence-electron chi connectivity index (χ4n) is 2.68. The van der Waals surface area contributed by atoms with E-state index in [-0.39, 0.29) is 6.10 Å². The Morgan fingerprint density at radius 1 is 1.29 bits per heavy atom. The Bertz CT molecular complexity index is 759. The molecule has 9 heteroatoms. The summed E-state index contributed by atoms with van der Waals surface area (Å²) in [5.74, 6) is 1.09. The van der Waals surface area contributed by atoms with Crippen LogP contribution in [0.2, 0.25) is 0 Å². The minimum absolute atomic E-state index is 0.0682. The lowest BCUT2D eigenvalue weighted by Gasteiger charge is -2.31. The zero-order valence-corrected chi connectivity index (χ0v) is 13.0. The molecule has 0 amide bonds. The van der Waals surface area contributed by atoms with Crippen LogP contribution in [0.3, 0.4) is 0 Å². The Morgan fingerprint density at radius 3 is 3.12 bits per heavy atom. The van der Waals surface area contributed by atoms with Gasteiger partial charge in [0.25, 0.3) is 0 Å². The summed E-state index contributed by atoms with van der Waals surface area (Å²) in [6.07, 6.45) is 5.00. The molecule has 9 nitrogen and oxygen atoms in total. The van der Waals surface area contributed by atoms with Crippen LogP contribution in [0.25, 0.3) is 11.5 Å². The van der Waals surface area contributed by atoms with Gasteiger partial charge in [-0.2, -0.15) is 10.1 Å². The lowest BCUT2D eigenvalue weighted by molar-refractivity contribution is -0.0426. The quantitative estimate of drug-likeness (QED) is 0.673. The molecule has 1 aliphatic rings. The van der Waals surface area contributed by atoms with Crippen LogP contribution in [0.1, 0.15) is 5.89 Å². The van der Waals surface area contributed by atoms with Crippen molar-refractivity contribution in [2.45, 2.75) is 19.2 Å². The highest BCUT2D eigenvalue weighted by molar-refractivity contribution is 5.46. The van der Waals surface area contributed by atoms with E-state index in [0.29, 0.717) is 37.1 Å². The molecule has 24 heavy (non-hydrogen) atoms. The summed E-state index contributed by atoms with van der Waals surface area (Å²) in [6.45, 7) is 3.55. The monoisotopic (exact) mass is 327 g/mol. The van der Waals surface area contributed by atoms with Gasteiger partial charge in [-0.15, -0.1) is 0 Å². The molecule has 0 bridgehead atoms. The Morgan fingerprint density at radius 2 is 2.29 bits per heavy atom. The van der Waals surface area contributed by atoms with Crippen LogP contribution in [0, 0.1) is 0 Å². The van der Waals surface area contributed by atoms with Crippen LogP contribution >= 0.6 is 0 Å². The first-order valence-corrected chi connectivity index (χ1v) is 7.77. The second kappa shape index (κ2) is 6.85. The summed E-state index contributed by atoms with van der Waals surface area (Å²) >= 11 is 0. The average molecular weight is 327 g/mol. The van der Waals surface area contributed by atoms with Crippen molar-refractivity contribution in [1.29, 1.82) is 0 Å². The minimum atomic E-state index is 0.0682. The van der Waals surface area contributed by atoms with Crippen molar-refractivity contribution in [3.8, 4) is 11.5 Å². The van der Waals surface area contributed by atoms with Gasteiger partial charge in [-0.05, 0) is 12.1 Å². The Kier molecular flexibility index (Phi) is 4.26. The summed E-state index contributed by atoms with van der Waals surface area (Å²) in [4.78, 5) is 14.8. The van der Waals surface area contributed by atoms with Crippen molar-refractivity contribution in [2.24, 2.45) is 0 Å². The summed E-state index contributed by atoms with van der Waals surface area (Å²) < 4.78 is 12.9. The molecule has 124 valence electrons. The van der Waals surface area contributed by atoms with Crippen molar-refractivity contribution in [2.75, 3.05) is 19.7 Å².